The number of hydrogen-bond acceptors (Lipinski definition) is 3. The van der Waals surface area contributed by atoms with E-state index in [0.29, 0.717) is 25.1 Å². The molecule has 5 aromatic rings. The Morgan fingerprint density at radius 1 is 1.06 bits per heavy atom. The van der Waals surface area contributed by atoms with Crippen LogP contribution in [0.3, 0.4) is 0 Å². The van der Waals surface area contributed by atoms with E-state index in [0.717, 1.165) is 44.3 Å². The molecule has 0 atom stereocenters. The molecule has 5 nitrogen and oxygen atoms in total. The van der Waals surface area contributed by atoms with Gasteiger partial charge in [0.05, 0.1) is 30.6 Å². The standard InChI is InChI=1S/C28H22FN3O2/c1-34-25-12-11-17(13-21(25)29)14-23-27-26(19-9-5-6-10-22(19)31-27)20-15-32(16-24(20)30-23)28(33)18-7-3-2-4-8-18/h2-13,31H,14-16H2,1H3. The lowest BCUT2D eigenvalue weighted by atomic mass is 10.0. The van der Waals surface area contributed by atoms with Gasteiger partial charge >= 0.3 is 0 Å². The van der Waals surface area contributed by atoms with Crippen LogP contribution >= 0.6 is 0 Å². The second-order valence-corrected chi connectivity index (χ2v) is 8.58. The summed E-state index contributed by atoms with van der Waals surface area (Å²) in [5.41, 5.74) is 6.23. The molecule has 2 aromatic heterocycles. The molecule has 0 saturated heterocycles. The Bertz CT molecular complexity index is 1560. The number of hydrogen-bond donors (Lipinski definition) is 1. The van der Waals surface area contributed by atoms with Gasteiger partial charge in [-0.25, -0.2) is 4.39 Å². The fraction of sp³-hybridized carbons (Fsp3) is 0.143. The highest BCUT2D eigenvalue weighted by Crippen LogP contribution is 2.37. The average molecular weight is 452 g/mol. The van der Waals surface area contributed by atoms with Crippen molar-refractivity contribution >= 4 is 27.7 Å². The SMILES string of the molecule is COc1ccc(Cc2nc3c(c4c2[nH]c2ccccc24)CN(C(=O)c2ccccc2)C3)cc1F. The van der Waals surface area contributed by atoms with Crippen molar-refractivity contribution in [2.45, 2.75) is 19.5 Å². The van der Waals surface area contributed by atoms with Gasteiger partial charge in [-0.2, -0.15) is 0 Å². The zero-order valence-corrected chi connectivity index (χ0v) is 18.6. The minimum Gasteiger partial charge on any atom is -0.494 e. The molecule has 1 aliphatic heterocycles. The number of nitrogens with zero attached hydrogens (tertiary/aromatic N) is 2. The van der Waals surface area contributed by atoms with E-state index in [2.05, 4.69) is 11.1 Å². The van der Waals surface area contributed by atoms with Crippen molar-refractivity contribution in [1.82, 2.24) is 14.9 Å². The minimum atomic E-state index is -0.395. The first kappa shape index (κ1) is 20.4. The largest absolute Gasteiger partial charge is 0.494 e. The van der Waals surface area contributed by atoms with Crippen molar-refractivity contribution in [1.29, 1.82) is 0 Å². The number of nitrogens with one attached hydrogen (secondary N) is 1. The van der Waals surface area contributed by atoms with Crippen LogP contribution in [0.1, 0.15) is 32.9 Å². The molecule has 6 heteroatoms. The number of carbonyl (C=O) groups excluding carboxylic acids is 1. The number of methoxy groups -OCH3 is 1. The molecular weight excluding hydrogens is 429 g/mol. The van der Waals surface area contributed by atoms with E-state index >= 15 is 0 Å². The Morgan fingerprint density at radius 2 is 1.85 bits per heavy atom. The smallest absolute Gasteiger partial charge is 0.254 e. The van der Waals surface area contributed by atoms with Gasteiger partial charge in [0.15, 0.2) is 11.6 Å². The Labute approximate surface area is 195 Å². The van der Waals surface area contributed by atoms with Crippen LogP contribution in [-0.2, 0) is 19.5 Å². The maximum Gasteiger partial charge on any atom is 0.254 e. The molecule has 0 radical (unpaired) electrons. The first-order valence-corrected chi connectivity index (χ1v) is 11.2. The van der Waals surface area contributed by atoms with Crippen molar-refractivity contribution in [2.75, 3.05) is 7.11 Å². The minimum absolute atomic E-state index is 0.00892. The molecule has 0 bridgehead atoms. The summed E-state index contributed by atoms with van der Waals surface area (Å²) < 4.78 is 19.4. The van der Waals surface area contributed by atoms with E-state index in [9.17, 15) is 9.18 Å². The molecule has 34 heavy (non-hydrogen) atoms. The number of ether oxygens (including phenoxy) is 1. The summed E-state index contributed by atoms with van der Waals surface area (Å²) in [5, 5.41) is 2.19. The zero-order chi connectivity index (χ0) is 23.2. The Kier molecular flexibility index (Phi) is 4.80. The summed E-state index contributed by atoms with van der Waals surface area (Å²) in [6.45, 7) is 0.953. The number of para-hydroxylation sites is 1. The lowest BCUT2D eigenvalue weighted by Crippen LogP contribution is -2.25. The first-order chi connectivity index (χ1) is 16.6. The number of fused-ring (bicyclic) bond motifs is 5. The van der Waals surface area contributed by atoms with E-state index < -0.39 is 5.82 Å². The van der Waals surface area contributed by atoms with Gasteiger partial charge in [-0.15, -0.1) is 0 Å². The number of benzene rings is 3. The van der Waals surface area contributed by atoms with Crippen molar-refractivity contribution in [3.05, 3.63) is 107 Å². The molecule has 3 aromatic carbocycles. The van der Waals surface area contributed by atoms with E-state index in [-0.39, 0.29) is 11.7 Å². The topological polar surface area (TPSA) is 58.2 Å². The van der Waals surface area contributed by atoms with E-state index in [4.69, 9.17) is 9.72 Å². The number of pyridine rings is 1. The van der Waals surface area contributed by atoms with Gasteiger partial charge in [-0.05, 0) is 35.9 Å². The Hall–Kier alpha value is -4.19. The van der Waals surface area contributed by atoms with Crippen LogP contribution in [-0.4, -0.2) is 27.9 Å². The highest BCUT2D eigenvalue weighted by Gasteiger charge is 2.29. The molecule has 1 N–H and O–H groups in total. The highest BCUT2D eigenvalue weighted by molar-refractivity contribution is 6.10. The average Bonchev–Trinajstić information content (AvgIpc) is 3.46. The van der Waals surface area contributed by atoms with Crippen LogP contribution in [0, 0.1) is 5.82 Å². The zero-order valence-electron chi connectivity index (χ0n) is 18.6. The Morgan fingerprint density at radius 3 is 2.65 bits per heavy atom. The monoisotopic (exact) mass is 451 g/mol. The second-order valence-electron chi connectivity index (χ2n) is 8.58. The maximum atomic E-state index is 14.4. The number of amides is 1. The number of aromatic amines is 1. The second kappa shape index (κ2) is 7.99. The van der Waals surface area contributed by atoms with Gasteiger partial charge in [-0.3, -0.25) is 9.78 Å². The van der Waals surface area contributed by atoms with Crippen LogP contribution in [0.5, 0.6) is 5.75 Å². The molecule has 0 saturated carbocycles. The molecule has 6 rings (SSSR count). The van der Waals surface area contributed by atoms with Crippen LogP contribution in [0.15, 0.2) is 72.8 Å². The van der Waals surface area contributed by atoms with Crippen LogP contribution in [0.25, 0.3) is 21.8 Å². The van der Waals surface area contributed by atoms with Gasteiger partial charge in [-0.1, -0.05) is 42.5 Å². The molecule has 168 valence electrons. The summed E-state index contributed by atoms with van der Waals surface area (Å²) in [6, 6.07) is 22.5. The number of halogens is 1. The van der Waals surface area contributed by atoms with Crippen molar-refractivity contribution in [2.24, 2.45) is 0 Å². The summed E-state index contributed by atoms with van der Waals surface area (Å²) in [6.07, 6.45) is 0.462. The lowest BCUT2D eigenvalue weighted by Gasteiger charge is -2.14. The predicted octanol–water partition coefficient (Wildman–Crippen LogP) is 5.61. The van der Waals surface area contributed by atoms with Gasteiger partial charge in [0.1, 0.15) is 0 Å². The lowest BCUT2D eigenvalue weighted by molar-refractivity contribution is 0.0750. The van der Waals surface area contributed by atoms with Gasteiger partial charge in [0.2, 0.25) is 0 Å². The molecule has 0 aliphatic carbocycles. The third kappa shape index (κ3) is 3.30. The summed E-state index contributed by atoms with van der Waals surface area (Å²) in [7, 11) is 1.46. The van der Waals surface area contributed by atoms with Crippen molar-refractivity contribution in [3.8, 4) is 5.75 Å². The molecular formula is C28H22FN3O2. The van der Waals surface area contributed by atoms with Gasteiger partial charge in [0, 0.05) is 40.4 Å². The molecule has 0 unspecified atom stereocenters. The molecule has 1 aliphatic rings. The quantitative estimate of drug-likeness (QED) is 0.386. The van der Waals surface area contributed by atoms with Gasteiger partial charge < -0.3 is 14.6 Å². The van der Waals surface area contributed by atoms with Crippen molar-refractivity contribution in [3.63, 3.8) is 0 Å². The van der Waals surface area contributed by atoms with E-state index in [1.54, 1.807) is 6.07 Å². The first-order valence-electron chi connectivity index (χ1n) is 11.2. The normalized spacial score (nSPS) is 12.9. The van der Waals surface area contributed by atoms with Crippen LogP contribution in [0.4, 0.5) is 4.39 Å². The summed E-state index contributed by atoms with van der Waals surface area (Å²) in [5.74, 6) is -0.185. The van der Waals surface area contributed by atoms with E-state index in [1.165, 1.54) is 13.2 Å². The number of H-pyrrole nitrogens is 1. The fourth-order valence-corrected chi connectivity index (χ4v) is 4.88. The third-order valence-electron chi connectivity index (χ3n) is 6.50. The summed E-state index contributed by atoms with van der Waals surface area (Å²) >= 11 is 0. The molecule has 0 fully saturated rings. The van der Waals surface area contributed by atoms with Crippen molar-refractivity contribution < 1.29 is 13.9 Å². The summed E-state index contributed by atoms with van der Waals surface area (Å²) in [4.78, 5) is 23.5. The molecule has 1 amide bonds. The number of carbonyl (C=O) groups is 1. The number of aromatic nitrogens is 2. The van der Waals surface area contributed by atoms with E-state index in [1.807, 2.05) is 59.5 Å². The predicted molar refractivity (Wildman–Crippen MR) is 129 cm³/mol. The Balaban J connectivity index is 1.46. The molecule has 0 spiro atoms. The maximum absolute atomic E-state index is 14.4. The fourth-order valence-electron chi connectivity index (χ4n) is 4.88. The molecule has 3 heterocycles. The van der Waals surface area contributed by atoms with Gasteiger partial charge in [0.25, 0.3) is 5.91 Å². The van der Waals surface area contributed by atoms with Crippen LogP contribution < -0.4 is 4.74 Å². The highest BCUT2D eigenvalue weighted by atomic mass is 19.1. The number of rotatable bonds is 4. The van der Waals surface area contributed by atoms with Crippen LogP contribution in [0.2, 0.25) is 0 Å². The third-order valence-corrected chi connectivity index (χ3v) is 6.50.